The Bertz CT molecular complexity index is 1150. The number of allylic oxidation sites excluding steroid dienone is 8. The van der Waals surface area contributed by atoms with Gasteiger partial charge in [-0.1, -0.05) is 49.0 Å². The first-order valence-electron chi connectivity index (χ1n) is 12.7. The molecule has 0 radical (unpaired) electrons. The summed E-state index contributed by atoms with van der Waals surface area (Å²) in [6.45, 7) is 9.16. The van der Waals surface area contributed by atoms with E-state index in [2.05, 4.69) is 10.1 Å². The van der Waals surface area contributed by atoms with Gasteiger partial charge in [0.2, 0.25) is 0 Å². The van der Waals surface area contributed by atoms with Gasteiger partial charge in [0.05, 0.1) is 13.2 Å². The molecule has 38 heavy (non-hydrogen) atoms. The molecule has 0 aliphatic heterocycles. The second-order valence-electron chi connectivity index (χ2n) is 9.21. The van der Waals surface area contributed by atoms with Crippen molar-refractivity contribution in [2.45, 2.75) is 78.7 Å². The molecule has 1 amide bonds. The van der Waals surface area contributed by atoms with E-state index in [0.29, 0.717) is 25.7 Å². The molecule has 208 valence electrons. The number of Topliss-reactive ketones (excluding diaryl/α,β-unsaturated/α-hetero) is 1. The highest BCUT2D eigenvalue weighted by Gasteiger charge is 2.22. The van der Waals surface area contributed by atoms with Crippen LogP contribution < -0.4 is 10.9 Å². The summed E-state index contributed by atoms with van der Waals surface area (Å²) in [6, 6.07) is 1.30. The number of carbonyl (C=O) groups excluding carboxylic acids is 2. The number of aliphatic hydroxyl groups is 1. The van der Waals surface area contributed by atoms with Gasteiger partial charge in [-0.25, -0.2) is 9.59 Å². The smallest absolute Gasteiger partial charge is 0.410 e. The zero-order valence-electron chi connectivity index (χ0n) is 23.2. The highest BCUT2D eigenvalue weighted by molar-refractivity contribution is 6.09. The number of alkyl carbamates (subject to hydrolysis) is 1. The fraction of sp³-hybridized carbons (Fsp3) is 0.433. The Morgan fingerprint density at radius 2 is 1.87 bits per heavy atom. The molecule has 3 N–H and O–H groups in total. The first-order valence-corrected chi connectivity index (χ1v) is 12.7. The van der Waals surface area contributed by atoms with Crippen LogP contribution in [0.5, 0.6) is 5.75 Å². The van der Waals surface area contributed by atoms with E-state index in [0.717, 1.165) is 17.6 Å². The van der Waals surface area contributed by atoms with E-state index < -0.39 is 34.9 Å². The van der Waals surface area contributed by atoms with E-state index in [4.69, 9.17) is 4.42 Å². The van der Waals surface area contributed by atoms with E-state index in [1.54, 1.807) is 25.2 Å². The van der Waals surface area contributed by atoms with Crippen molar-refractivity contribution >= 4 is 11.9 Å². The van der Waals surface area contributed by atoms with Gasteiger partial charge in [-0.15, -0.1) is 0 Å². The van der Waals surface area contributed by atoms with Crippen LogP contribution in [0.15, 0.2) is 74.7 Å². The van der Waals surface area contributed by atoms with E-state index in [-0.39, 0.29) is 17.3 Å². The van der Waals surface area contributed by atoms with Gasteiger partial charge >= 0.3 is 11.7 Å². The Morgan fingerprint density at radius 1 is 1.16 bits per heavy atom. The number of ether oxygens (including phenoxy) is 1. The summed E-state index contributed by atoms with van der Waals surface area (Å²) in [6.07, 6.45) is 14.6. The third-order valence-corrected chi connectivity index (χ3v) is 6.06. The molecule has 0 bridgehead atoms. The van der Waals surface area contributed by atoms with Gasteiger partial charge in [0, 0.05) is 18.2 Å². The fourth-order valence-electron chi connectivity index (χ4n) is 3.45. The van der Waals surface area contributed by atoms with Crippen molar-refractivity contribution in [3.63, 3.8) is 0 Å². The number of amides is 1. The number of ketones is 1. The summed E-state index contributed by atoms with van der Waals surface area (Å²) < 4.78 is 9.82. The number of aliphatic hydroxyl groups excluding tert-OH is 1. The Kier molecular flexibility index (Phi) is 14.5. The van der Waals surface area contributed by atoms with Crippen LogP contribution in [0.4, 0.5) is 4.79 Å². The minimum absolute atomic E-state index is 0.209. The zero-order chi connectivity index (χ0) is 28.7. The third kappa shape index (κ3) is 11.2. The van der Waals surface area contributed by atoms with Crippen LogP contribution >= 0.6 is 0 Å². The van der Waals surface area contributed by atoms with Gasteiger partial charge in [0.1, 0.15) is 17.1 Å². The van der Waals surface area contributed by atoms with Gasteiger partial charge in [-0.3, -0.25) is 10.1 Å². The SMILES string of the molecule is C/C=C/C/C=C(/C)C(O)CC/C(C)=C/C=C(\C)C(=O)c1c(O)cc(C(C)CC/C=C/NC(=O)OC)oc1=O. The summed E-state index contributed by atoms with van der Waals surface area (Å²) in [5, 5.41) is 23.2. The first-order chi connectivity index (χ1) is 18.0. The van der Waals surface area contributed by atoms with Crippen molar-refractivity contribution in [1.82, 2.24) is 5.32 Å². The molecule has 1 heterocycles. The van der Waals surface area contributed by atoms with Crippen molar-refractivity contribution in [2.75, 3.05) is 7.11 Å². The maximum Gasteiger partial charge on any atom is 0.410 e. The summed E-state index contributed by atoms with van der Waals surface area (Å²) in [4.78, 5) is 36.4. The monoisotopic (exact) mass is 527 g/mol. The zero-order valence-corrected chi connectivity index (χ0v) is 23.2. The van der Waals surface area contributed by atoms with Gasteiger partial charge in [-0.05, 0) is 70.9 Å². The molecule has 0 spiro atoms. The van der Waals surface area contributed by atoms with Crippen molar-refractivity contribution < 1.29 is 29.0 Å². The topological polar surface area (TPSA) is 126 Å². The van der Waals surface area contributed by atoms with E-state index >= 15 is 0 Å². The molecule has 0 aliphatic rings. The lowest BCUT2D eigenvalue weighted by Crippen LogP contribution is -2.17. The predicted octanol–water partition coefficient (Wildman–Crippen LogP) is 6.23. The minimum Gasteiger partial charge on any atom is -0.507 e. The van der Waals surface area contributed by atoms with Crippen LogP contribution in [-0.2, 0) is 4.74 Å². The number of nitrogens with one attached hydrogen (secondary N) is 1. The Morgan fingerprint density at radius 3 is 2.50 bits per heavy atom. The molecule has 0 saturated carbocycles. The quantitative estimate of drug-likeness (QED) is 0.113. The van der Waals surface area contributed by atoms with Crippen LogP contribution in [0.2, 0.25) is 0 Å². The highest BCUT2D eigenvalue weighted by atomic mass is 16.5. The molecular weight excluding hydrogens is 486 g/mol. The average molecular weight is 528 g/mol. The van der Waals surface area contributed by atoms with Gasteiger partial charge < -0.3 is 19.4 Å². The van der Waals surface area contributed by atoms with Crippen molar-refractivity contribution in [3.8, 4) is 5.75 Å². The standard InChI is InChI=1S/C30H41NO7/c1-7-8-9-12-21(3)24(32)17-15-20(2)14-16-23(5)28(34)27-25(33)19-26(38-29(27)35)22(4)13-10-11-18-31-30(36)37-6/h7-8,11-12,14,16,18-19,22,24,32-33H,9-10,13,15,17H2,1-6H3,(H,31,36)/b8-7+,18-11+,20-14+,21-12-,23-16+. The van der Waals surface area contributed by atoms with Crippen molar-refractivity contribution in [1.29, 1.82) is 0 Å². The number of hydrogen-bond donors (Lipinski definition) is 3. The summed E-state index contributed by atoms with van der Waals surface area (Å²) in [5.41, 5.74) is 0.870. The van der Waals surface area contributed by atoms with Crippen LogP contribution in [0, 0.1) is 0 Å². The molecule has 2 atom stereocenters. The number of carbonyl (C=O) groups is 2. The second kappa shape index (κ2) is 17.0. The van der Waals surface area contributed by atoms with Crippen molar-refractivity contribution in [2.24, 2.45) is 0 Å². The minimum atomic E-state index is -0.892. The molecule has 0 aromatic carbocycles. The van der Waals surface area contributed by atoms with Crippen molar-refractivity contribution in [3.05, 3.63) is 87.2 Å². The average Bonchev–Trinajstić information content (AvgIpc) is 2.89. The second-order valence-corrected chi connectivity index (χ2v) is 9.21. The lowest BCUT2D eigenvalue weighted by molar-refractivity contribution is 0.102. The fourth-order valence-corrected chi connectivity index (χ4v) is 3.45. The molecular formula is C30H41NO7. The molecule has 2 unspecified atom stereocenters. The molecule has 0 aliphatic carbocycles. The summed E-state index contributed by atoms with van der Waals surface area (Å²) in [7, 11) is 1.27. The van der Waals surface area contributed by atoms with Gasteiger partial charge in [0.15, 0.2) is 5.78 Å². The molecule has 1 rings (SSSR count). The Hall–Kier alpha value is -3.65. The number of aromatic hydroxyl groups is 1. The maximum atomic E-state index is 12.9. The highest BCUT2D eigenvalue weighted by Crippen LogP contribution is 2.26. The lowest BCUT2D eigenvalue weighted by atomic mass is 9.99. The van der Waals surface area contributed by atoms with E-state index in [1.807, 2.05) is 45.9 Å². The van der Waals surface area contributed by atoms with Crippen LogP contribution in [0.1, 0.15) is 88.8 Å². The molecule has 0 fully saturated rings. The Labute approximate surface area is 225 Å². The number of rotatable bonds is 14. The molecule has 1 aromatic rings. The molecule has 1 aromatic heterocycles. The molecule has 8 nitrogen and oxygen atoms in total. The van der Waals surface area contributed by atoms with Crippen LogP contribution in [0.3, 0.4) is 0 Å². The van der Waals surface area contributed by atoms with Gasteiger partial charge in [-0.2, -0.15) is 0 Å². The third-order valence-electron chi connectivity index (χ3n) is 6.06. The van der Waals surface area contributed by atoms with Gasteiger partial charge in [0.25, 0.3) is 0 Å². The molecule has 8 heteroatoms. The van der Waals surface area contributed by atoms with Crippen LogP contribution in [-0.4, -0.2) is 35.3 Å². The number of hydrogen-bond acceptors (Lipinski definition) is 7. The Balaban J connectivity index is 2.82. The largest absolute Gasteiger partial charge is 0.507 e. The van der Waals surface area contributed by atoms with E-state index in [1.165, 1.54) is 19.4 Å². The number of methoxy groups -OCH3 is 1. The lowest BCUT2D eigenvalue weighted by Gasteiger charge is -2.11. The van der Waals surface area contributed by atoms with Crippen LogP contribution in [0.25, 0.3) is 0 Å². The molecule has 0 saturated heterocycles. The maximum absolute atomic E-state index is 12.9. The summed E-state index contributed by atoms with van der Waals surface area (Å²) >= 11 is 0. The van der Waals surface area contributed by atoms with E-state index in [9.17, 15) is 24.6 Å². The summed E-state index contributed by atoms with van der Waals surface area (Å²) in [5.74, 6) is -0.976. The first kappa shape index (κ1) is 32.4. The predicted molar refractivity (Wildman–Crippen MR) is 149 cm³/mol. The normalized spacial score (nSPS) is 14.7.